The van der Waals surface area contributed by atoms with Gasteiger partial charge in [-0.1, -0.05) is 18.5 Å². The Balaban J connectivity index is 1.60. The molecule has 1 amide bonds. The van der Waals surface area contributed by atoms with E-state index in [9.17, 15) is 9.59 Å². The number of anilines is 1. The largest absolute Gasteiger partial charge is 0.448 e. The smallest absolute Gasteiger partial charge is 0.349 e. The number of fused-ring (bicyclic) bond motifs is 1. The number of carbonyl (C=O) groups is 2. The van der Waals surface area contributed by atoms with Gasteiger partial charge in [-0.05, 0) is 55.9 Å². The molecule has 3 rings (SSSR count). The lowest BCUT2D eigenvalue weighted by Gasteiger charge is -2.16. The maximum Gasteiger partial charge on any atom is 0.349 e. The molecule has 5 nitrogen and oxygen atoms in total. The molecule has 1 N–H and O–H groups in total. The molecule has 0 aliphatic heterocycles. The van der Waals surface area contributed by atoms with Crippen LogP contribution in [-0.4, -0.2) is 23.0 Å². The molecule has 132 valence electrons. The molecule has 0 radical (unpaired) electrons. The van der Waals surface area contributed by atoms with Gasteiger partial charge in [0.05, 0.1) is 5.02 Å². The number of hydrogen-bond donors (Lipinski definition) is 1. The summed E-state index contributed by atoms with van der Waals surface area (Å²) in [4.78, 5) is 30.3. The standard InChI is InChI=1S/C18H19ClN2O3S/c1-10-3-5-14-12(7-10)8-15(25-14)18(23)24-11(2)17(22)21-16-6-4-13(19)9-20-16/h4,6,8-11H,3,5,7H2,1-2H3,(H,20,21,22)/t10-,11+/m0/s1. The number of nitrogens with zero attached hydrogens (tertiary/aromatic N) is 1. The number of aromatic nitrogens is 1. The second-order valence-corrected chi connectivity index (χ2v) is 7.88. The van der Waals surface area contributed by atoms with Crippen LogP contribution in [0.2, 0.25) is 5.02 Å². The van der Waals surface area contributed by atoms with Gasteiger partial charge in [0.2, 0.25) is 0 Å². The summed E-state index contributed by atoms with van der Waals surface area (Å²) in [6.45, 7) is 3.76. The summed E-state index contributed by atoms with van der Waals surface area (Å²) in [5, 5.41) is 3.08. The van der Waals surface area contributed by atoms with Crippen molar-refractivity contribution in [3.63, 3.8) is 0 Å². The van der Waals surface area contributed by atoms with E-state index in [2.05, 4.69) is 17.2 Å². The SMILES string of the molecule is C[C@H]1CCc2sc(C(=O)O[C@H](C)C(=O)Nc3ccc(Cl)cn3)cc2C1. The fourth-order valence-corrected chi connectivity index (χ4v) is 3.96. The van der Waals surface area contributed by atoms with Crippen LogP contribution in [-0.2, 0) is 22.4 Å². The maximum atomic E-state index is 12.3. The Morgan fingerprint density at radius 3 is 2.96 bits per heavy atom. The molecule has 1 aliphatic rings. The fraction of sp³-hybridized carbons (Fsp3) is 0.389. The Labute approximate surface area is 155 Å². The molecule has 0 unspecified atom stereocenters. The lowest BCUT2D eigenvalue weighted by atomic mass is 9.90. The molecule has 0 aromatic carbocycles. The normalized spacial score (nSPS) is 17.5. The van der Waals surface area contributed by atoms with Crippen LogP contribution in [0.4, 0.5) is 5.82 Å². The van der Waals surface area contributed by atoms with E-state index in [4.69, 9.17) is 16.3 Å². The van der Waals surface area contributed by atoms with Gasteiger partial charge in [-0.25, -0.2) is 9.78 Å². The number of rotatable bonds is 4. The third kappa shape index (κ3) is 4.38. The van der Waals surface area contributed by atoms with Crippen LogP contribution < -0.4 is 5.32 Å². The zero-order valence-electron chi connectivity index (χ0n) is 14.0. The predicted molar refractivity (Wildman–Crippen MR) is 98.3 cm³/mol. The van der Waals surface area contributed by atoms with E-state index < -0.39 is 18.0 Å². The highest BCUT2D eigenvalue weighted by Gasteiger charge is 2.24. The monoisotopic (exact) mass is 378 g/mol. The van der Waals surface area contributed by atoms with Crippen molar-refractivity contribution in [3.05, 3.63) is 44.7 Å². The van der Waals surface area contributed by atoms with Crippen LogP contribution in [0.1, 0.15) is 40.4 Å². The third-order valence-electron chi connectivity index (χ3n) is 4.16. The first-order valence-corrected chi connectivity index (χ1v) is 9.37. The number of thiophene rings is 1. The van der Waals surface area contributed by atoms with Gasteiger partial charge in [-0.15, -0.1) is 11.3 Å². The second-order valence-electron chi connectivity index (χ2n) is 6.31. The second kappa shape index (κ2) is 7.54. The number of aryl methyl sites for hydroxylation is 1. The zero-order valence-corrected chi connectivity index (χ0v) is 15.6. The summed E-state index contributed by atoms with van der Waals surface area (Å²) in [6, 6.07) is 5.12. The van der Waals surface area contributed by atoms with Crippen molar-refractivity contribution in [2.45, 2.75) is 39.2 Å². The maximum absolute atomic E-state index is 12.3. The Bertz CT molecular complexity index is 788. The summed E-state index contributed by atoms with van der Waals surface area (Å²) in [7, 11) is 0. The third-order valence-corrected chi connectivity index (χ3v) is 5.60. The summed E-state index contributed by atoms with van der Waals surface area (Å²) in [6.07, 6.45) is 3.67. The van der Waals surface area contributed by atoms with E-state index in [0.29, 0.717) is 21.6 Å². The minimum atomic E-state index is -0.914. The van der Waals surface area contributed by atoms with Gasteiger partial charge < -0.3 is 10.1 Å². The number of esters is 1. The number of carbonyl (C=O) groups excluding carboxylic acids is 2. The number of halogens is 1. The number of amides is 1. The topological polar surface area (TPSA) is 68.3 Å². The van der Waals surface area contributed by atoms with Crippen LogP contribution >= 0.6 is 22.9 Å². The molecule has 0 spiro atoms. The molecule has 2 aromatic heterocycles. The Kier molecular flexibility index (Phi) is 5.39. The molecular weight excluding hydrogens is 360 g/mol. The molecule has 0 bridgehead atoms. The van der Waals surface area contributed by atoms with Crippen LogP contribution in [0, 0.1) is 5.92 Å². The molecule has 0 fully saturated rings. The minimum absolute atomic E-state index is 0.359. The van der Waals surface area contributed by atoms with Crippen molar-refractivity contribution in [2.24, 2.45) is 5.92 Å². The Morgan fingerprint density at radius 2 is 2.24 bits per heavy atom. The molecule has 0 saturated carbocycles. The first kappa shape index (κ1) is 17.9. The summed E-state index contributed by atoms with van der Waals surface area (Å²) < 4.78 is 5.30. The summed E-state index contributed by atoms with van der Waals surface area (Å²) >= 11 is 7.23. The van der Waals surface area contributed by atoms with Crippen LogP contribution in [0.3, 0.4) is 0 Å². The lowest BCUT2D eigenvalue weighted by molar-refractivity contribution is -0.123. The summed E-state index contributed by atoms with van der Waals surface area (Å²) in [5.41, 5.74) is 1.23. The average molecular weight is 379 g/mol. The van der Waals surface area contributed by atoms with Gasteiger partial charge in [0, 0.05) is 11.1 Å². The van der Waals surface area contributed by atoms with Gasteiger partial charge >= 0.3 is 5.97 Å². The van der Waals surface area contributed by atoms with Crippen molar-refractivity contribution < 1.29 is 14.3 Å². The average Bonchev–Trinajstić information content (AvgIpc) is 3.00. The van der Waals surface area contributed by atoms with Crippen molar-refractivity contribution in [1.82, 2.24) is 4.98 Å². The number of ether oxygens (including phenoxy) is 1. The molecule has 0 saturated heterocycles. The fourth-order valence-electron chi connectivity index (χ4n) is 2.76. The first-order valence-electron chi connectivity index (χ1n) is 8.17. The van der Waals surface area contributed by atoms with Crippen molar-refractivity contribution in [3.8, 4) is 0 Å². The highest BCUT2D eigenvalue weighted by Crippen LogP contribution is 2.32. The highest BCUT2D eigenvalue weighted by atomic mass is 35.5. The molecule has 1 aliphatic carbocycles. The summed E-state index contributed by atoms with van der Waals surface area (Å²) in [5.74, 6) is 0.109. The zero-order chi connectivity index (χ0) is 18.0. The molecule has 2 aromatic rings. The van der Waals surface area contributed by atoms with Gasteiger partial charge in [0.25, 0.3) is 5.91 Å². The Hall–Kier alpha value is -1.92. The van der Waals surface area contributed by atoms with E-state index in [1.807, 2.05) is 6.07 Å². The van der Waals surface area contributed by atoms with Gasteiger partial charge in [-0.3, -0.25) is 4.79 Å². The van der Waals surface area contributed by atoms with E-state index >= 15 is 0 Å². The van der Waals surface area contributed by atoms with Crippen molar-refractivity contribution >= 4 is 40.6 Å². The van der Waals surface area contributed by atoms with Crippen LogP contribution in [0.25, 0.3) is 0 Å². The number of pyridine rings is 1. The Morgan fingerprint density at radius 1 is 1.44 bits per heavy atom. The number of nitrogens with one attached hydrogen (secondary N) is 1. The minimum Gasteiger partial charge on any atom is -0.448 e. The lowest BCUT2D eigenvalue weighted by Crippen LogP contribution is -2.30. The molecule has 2 atom stereocenters. The van der Waals surface area contributed by atoms with E-state index in [0.717, 1.165) is 19.3 Å². The van der Waals surface area contributed by atoms with Crippen LogP contribution in [0.5, 0.6) is 0 Å². The predicted octanol–water partition coefficient (Wildman–Crippen LogP) is 4.11. The quantitative estimate of drug-likeness (QED) is 0.813. The van der Waals surface area contributed by atoms with Gasteiger partial charge in [0.1, 0.15) is 10.7 Å². The van der Waals surface area contributed by atoms with E-state index in [1.54, 1.807) is 19.1 Å². The van der Waals surface area contributed by atoms with E-state index in [1.165, 1.54) is 28.0 Å². The molecule has 2 heterocycles. The molecule has 7 heteroatoms. The van der Waals surface area contributed by atoms with Crippen molar-refractivity contribution in [1.29, 1.82) is 0 Å². The highest BCUT2D eigenvalue weighted by molar-refractivity contribution is 7.14. The molecule has 25 heavy (non-hydrogen) atoms. The van der Waals surface area contributed by atoms with Crippen molar-refractivity contribution in [2.75, 3.05) is 5.32 Å². The van der Waals surface area contributed by atoms with Gasteiger partial charge in [-0.2, -0.15) is 0 Å². The van der Waals surface area contributed by atoms with Gasteiger partial charge in [0.15, 0.2) is 6.10 Å². The van der Waals surface area contributed by atoms with E-state index in [-0.39, 0.29) is 0 Å². The first-order chi connectivity index (χ1) is 11.9. The number of hydrogen-bond acceptors (Lipinski definition) is 5. The molecular formula is C18H19ClN2O3S. The van der Waals surface area contributed by atoms with Crippen LogP contribution in [0.15, 0.2) is 24.4 Å².